The van der Waals surface area contributed by atoms with Gasteiger partial charge in [-0.05, 0) is 79.4 Å². The minimum atomic E-state index is -0.178. The van der Waals surface area contributed by atoms with Crippen LogP contribution in [0.4, 0.5) is 4.39 Å². The molecule has 2 fully saturated rings. The highest BCUT2D eigenvalue weighted by molar-refractivity contribution is 8.03. The van der Waals surface area contributed by atoms with Gasteiger partial charge in [-0.2, -0.15) is 0 Å². The standard InChI is InChI=1S/C26H30FNOS/c1-25-13-11-21-23(30-24(28-21)15-4-3-5-16(27)14-15)20(25)7-6-17-18-8-9-22(29)26(18,2)12-10-19(17)25/h3-5,7,14,17-19,28,30H,6,8-13H2,1-2H3/t17-,18-,19-,25+,26-/m0/s1. The van der Waals surface area contributed by atoms with Gasteiger partial charge in [0.1, 0.15) is 11.6 Å². The summed E-state index contributed by atoms with van der Waals surface area (Å²) in [5, 5.41) is 3.64. The van der Waals surface area contributed by atoms with Crippen LogP contribution in [0.25, 0.3) is 0 Å². The molecule has 2 saturated carbocycles. The van der Waals surface area contributed by atoms with Gasteiger partial charge in [0, 0.05) is 28.0 Å². The Balaban J connectivity index is 1.37. The Morgan fingerprint density at radius 1 is 1.10 bits per heavy atom. The number of fused-ring (bicyclic) bond motifs is 6. The second kappa shape index (κ2) is 6.41. The normalized spacial score (nSPS) is 39.7. The summed E-state index contributed by atoms with van der Waals surface area (Å²) < 4.78 is 13.8. The first kappa shape index (κ1) is 19.0. The summed E-state index contributed by atoms with van der Waals surface area (Å²) in [5.41, 5.74) is 3.99. The SMILES string of the molecule is C[C@]12CCC3=C([SH]=C(c4cccc(F)c4)N3)C1=CC[C@@H]1[C@@H]2CC[C@]2(C)C(=O)CC[C@@H]12. The molecule has 0 radical (unpaired) electrons. The van der Waals surface area contributed by atoms with Crippen LogP contribution in [0, 0.1) is 34.4 Å². The topological polar surface area (TPSA) is 29.1 Å². The predicted molar refractivity (Wildman–Crippen MR) is 122 cm³/mol. The Labute approximate surface area is 182 Å². The largest absolute Gasteiger partial charge is 0.353 e. The second-order valence-corrected chi connectivity index (χ2v) is 11.6. The average molecular weight is 424 g/mol. The van der Waals surface area contributed by atoms with Gasteiger partial charge in [0.05, 0.1) is 4.99 Å². The van der Waals surface area contributed by atoms with Gasteiger partial charge in [-0.1, -0.05) is 32.1 Å². The predicted octanol–water partition coefficient (Wildman–Crippen LogP) is 5.73. The van der Waals surface area contributed by atoms with E-state index in [-0.39, 0.29) is 16.6 Å². The van der Waals surface area contributed by atoms with E-state index in [0.717, 1.165) is 42.7 Å². The molecule has 4 aliphatic carbocycles. The first-order chi connectivity index (χ1) is 14.4. The molecule has 4 heteroatoms. The van der Waals surface area contributed by atoms with Crippen LogP contribution in [-0.4, -0.2) is 10.8 Å². The lowest BCUT2D eigenvalue weighted by Crippen LogP contribution is -2.49. The van der Waals surface area contributed by atoms with Gasteiger partial charge in [-0.15, -0.1) is 11.4 Å². The molecule has 0 aromatic heterocycles. The molecule has 0 amide bonds. The number of halogens is 1. The molecular weight excluding hydrogens is 393 g/mol. The summed E-state index contributed by atoms with van der Waals surface area (Å²) in [6.07, 6.45) is 10.0. The van der Waals surface area contributed by atoms with E-state index in [9.17, 15) is 9.18 Å². The molecule has 158 valence electrons. The molecule has 2 nitrogen and oxygen atoms in total. The van der Waals surface area contributed by atoms with Gasteiger partial charge in [0.15, 0.2) is 0 Å². The number of ketones is 1. The minimum Gasteiger partial charge on any atom is -0.353 e. The monoisotopic (exact) mass is 423 g/mol. The summed E-state index contributed by atoms with van der Waals surface area (Å²) in [4.78, 5) is 15.2. The summed E-state index contributed by atoms with van der Waals surface area (Å²) >= 11 is 1.19. The van der Waals surface area contributed by atoms with Gasteiger partial charge in [0.2, 0.25) is 0 Å². The van der Waals surface area contributed by atoms with E-state index in [1.54, 1.807) is 17.7 Å². The first-order valence-electron chi connectivity index (χ1n) is 11.5. The lowest BCUT2D eigenvalue weighted by atomic mass is 9.48. The van der Waals surface area contributed by atoms with Crippen LogP contribution in [-0.2, 0) is 4.79 Å². The molecule has 0 saturated heterocycles. The maximum atomic E-state index is 13.8. The highest BCUT2D eigenvalue weighted by atomic mass is 32.1. The van der Waals surface area contributed by atoms with E-state index in [0.29, 0.717) is 23.5 Å². The van der Waals surface area contributed by atoms with Gasteiger partial charge in [0.25, 0.3) is 0 Å². The summed E-state index contributed by atoms with van der Waals surface area (Å²) in [6.45, 7) is 4.75. The molecule has 5 aliphatic rings. The molecule has 0 bridgehead atoms. The number of nitrogens with one attached hydrogen (secondary N) is 1. The van der Waals surface area contributed by atoms with Crippen LogP contribution in [0.5, 0.6) is 0 Å². The van der Waals surface area contributed by atoms with Crippen molar-refractivity contribution in [2.75, 3.05) is 0 Å². The fraction of sp³-hybridized carbons (Fsp3) is 0.538. The second-order valence-electron chi connectivity index (χ2n) is 10.5. The van der Waals surface area contributed by atoms with Gasteiger partial charge < -0.3 is 5.32 Å². The average Bonchev–Trinajstić information content (AvgIpc) is 3.29. The van der Waals surface area contributed by atoms with Crippen LogP contribution >= 0.6 is 11.4 Å². The fourth-order valence-electron chi connectivity index (χ4n) is 7.52. The molecule has 0 spiro atoms. The molecule has 1 N–H and O–H groups in total. The third kappa shape index (κ3) is 2.49. The quantitative estimate of drug-likeness (QED) is 0.446. The van der Waals surface area contributed by atoms with Crippen LogP contribution in [0.1, 0.15) is 64.4 Å². The van der Waals surface area contributed by atoms with Gasteiger partial charge >= 0.3 is 0 Å². The molecular formula is C26H30FNOS. The number of Topliss-reactive ketones (excluding diaryl/α,β-unsaturated/α-hetero) is 1. The van der Waals surface area contributed by atoms with Crippen LogP contribution in [0.3, 0.4) is 0 Å². The van der Waals surface area contributed by atoms with Crippen molar-refractivity contribution < 1.29 is 9.18 Å². The smallest absolute Gasteiger partial charge is 0.139 e. The lowest BCUT2D eigenvalue weighted by molar-refractivity contribution is -0.131. The minimum absolute atomic E-state index is 0.0620. The van der Waals surface area contributed by atoms with Gasteiger partial charge in [-0.3, -0.25) is 4.79 Å². The zero-order chi connectivity index (χ0) is 20.7. The number of thiol groups is 1. The number of hydrogen-bond donors (Lipinski definition) is 2. The fourth-order valence-corrected chi connectivity index (χ4v) is 8.98. The number of hydrogen-bond acceptors (Lipinski definition) is 2. The highest BCUT2D eigenvalue weighted by Crippen LogP contribution is 2.65. The van der Waals surface area contributed by atoms with E-state index in [2.05, 4.69) is 25.2 Å². The van der Waals surface area contributed by atoms with E-state index in [1.807, 2.05) is 6.07 Å². The summed E-state index contributed by atoms with van der Waals surface area (Å²) in [6, 6.07) is 6.94. The number of allylic oxidation sites excluding steroid dienone is 3. The summed E-state index contributed by atoms with van der Waals surface area (Å²) in [7, 11) is 0. The molecule has 1 aromatic rings. The van der Waals surface area contributed by atoms with E-state index in [4.69, 9.17) is 0 Å². The van der Waals surface area contributed by atoms with Crippen LogP contribution in [0.2, 0.25) is 0 Å². The first-order valence-corrected chi connectivity index (χ1v) is 12.4. The van der Waals surface area contributed by atoms with E-state index < -0.39 is 0 Å². The number of carbonyl (C=O) groups excluding carboxylic acids is 1. The number of rotatable bonds is 1. The third-order valence-corrected chi connectivity index (χ3v) is 10.5. The summed E-state index contributed by atoms with van der Waals surface area (Å²) in [5.74, 6) is 2.25. The Morgan fingerprint density at radius 3 is 2.77 bits per heavy atom. The van der Waals surface area contributed by atoms with Crippen molar-refractivity contribution in [1.82, 2.24) is 5.32 Å². The maximum Gasteiger partial charge on any atom is 0.139 e. The molecule has 1 aromatic carbocycles. The van der Waals surface area contributed by atoms with Gasteiger partial charge in [-0.25, -0.2) is 4.39 Å². The van der Waals surface area contributed by atoms with Crippen molar-refractivity contribution in [3.63, 3.8) is 0 Å². The molecule has 6 rings (SSSR count). The van der Waals surface area contributed by atoms with E-state index in [1.165, 1.54) is 40.9 Å². The van der Waals surface area contributed by atoms with Crippen molar-refractivity contribution in [3.8, 4) is 0 Å². The maximum absolute atomic E-state index is 13.8. The Hall–Kier alpha value is -1.68. The lowest BCUT2D eigenvalue weighted by Gasteiger charge is -2.56. The Bertz CT molecular complexity index is 1050. The van der Waals surface area contributed by atoms with Crippen LogP contribution in [0.15, 0.2) is 46.5 Å². The van der Waals surface area contributed by atoms with Crippen molar-refractivity contribution in [1.29, 1.82) is 0 Å². The highest BCUT2D eigenvalue weighted by Gasteiger charge is 2.58. The Morgan fingerprint density at radius 2 is 1.93 bits per heavy atom. The molecule has 30 heavy (non-hydrogen) atoms. The molecule has 5 atom stereocenters. The number of carbonyl (C=O) groups is 1. The van der Waals surface area contributed by atoms with Crippen molar-refractivity contribution in [2.24, 2.45) is 28.6 Å². The van der Waals surface area contributed by atoms with Crippen molar-refractivity contribution in [2.45, 2.75) is 58.8 Å². The van der Waals surface area contributed by atoms with E-state index >= 15 is 0 Å². The molecule has 1 heterocycles. The molecule has 1 aliphatic heterocycles. The molecule has 0 unspecified atom stereocenters. The van der Waals surface area contributed by atoms with Crippen molar-refractivity contribution >= 4 is 22.1 Å². The van der Waals surface area contributed by atoms with Crippen molar-refractivity contribution in [3.05, 3.63) is 57.9 Å². The van der Waals surface area contributed by atoms with Crippen LogP contribution < -0.4 is 5.32 Å². The zero-order valence-corrected chi connectivity index (χ0v) is 18.7. The number of benzene rings is 1. The Kier molecular flexibility index (Phi) is 4.07. The zero-order valence-electron chi connectivity index (χ0n) is 17.8. The third-order valence-electron chi connectivity index (χ3n) is 9.20.